The minimum absolute atomic E-state index is 0.0553. The molecule has 51 heavy (non-hydrogen) atoms. The Hall–Kier alpha value is -3.59. The van der Waals surface area contributed by atoms with Crippen molar-refractivity contribution in [3.8, 4) is 17.2 Å². The summed E-state index contributed by atoms with van der Waals surface area (Å²) in [7, 11) is 0. The monoisotopic (exact) mass is 742 g/mol. The Bertz CT molecular complexity index is 2230. The molecule has 3 aromatic heterocycles. The lowest BCUT2D eigenvalue weighted by molar-refractivity contribution is -0.134. The van der Waals surface area contributed by atoms with E-state index >= 15 is 4.39 Å². The molecule has 6 unspecified atom stereocenters. The summed E-state index contributed by atoms with van der Waals surface area (Å²) >= 11 is 14.7. The van der Waals surface area contributed by atoms with Gasteiger partial charge in [-0.2, -0.15) is 5.26 Å². The third-order valence-electron chi connectivity index (χ3n) is 11.4. The Labute approximate surface area is 309 Å². The Morgan fingerprint density at radius 3 is 2.78 bits per heavy atom. The maximum Gasteiger partial charge on any atom is 0.226 e. The van der Waals surface area contributed by atoms with Crippen molar-refractivity contribution in [3.63, 3.8) is 0 Å². The summed E-state index contributed by atoms with van der Waals surface area (Å²) in [5.74, 6) is 0.188. The van der Waals surface area contributed by atoms with Crippen LogP contribution in [0.25, 0.3) is 32.9 Å². The fourth-order valence-electron chi connectivity index (χ4n) is 8.87. The summed E-state index contributed by atoms with van der Waals surface area (Å²) in [5.41, 5.74) is 4.43. The number of fused-ring (bicyclic) bond motifs is 4. The molecule has 5 aromatic rings. The number of likely N-dealkylation sites (tertiary alicyclic amines) is 1. The summed E-state index contributed by atoms with van der Waals surface area (Å²) in [6, 6.07) is 11.9. The summed E-state index contributed by atoms with van der Waals surface area (Å²) in [6.45, 7) is 5.39. The standard InChI is InChI=1S/C39H37Cl2FN6O2S/c1-19-26-16-31(30-15-24(18-47(30)39(49)21-8-9-21)50-20(2)38-44-11-12-51-38)48(36-23-14-29(36)45-17-23)37(26)27-13-22(5-4-10-43)32(34(42)35(27)46-19)25-6-3-7-28(40)33(25)41/h3,6-7,11-13,16,20-21,23-24,29-30,36,45H,4-5,8-9,14-15,17-18H2,1-2H3. The zero-order valence-corrected chi connectivity index (χ0v) is 30.7. The molecule has 0 spiro atoms. The highest BCUT2D eigenvalue weighted by Gasteiger charge is 2.51. The molecule has 2 aromatic carbocycles. The number of hydrogen-bond acceptors (Lipinski definition) is 7. The number of aryl methyl sites for hydroxylation is 2. The van der Waals surface area contributed by atoms with E-state index in [1.807, 2.05) is 25.3 Å². The Morgan fingerprint density at radius 1 is 1.24 bits per heavy atom. The maximum atomic E-state index is 17.2. The second-order valence-corrected chi connectivity index (χ2v) is 16.3. The first-order valence-electron chi connectivity index (χ1n) is 17.8. The van der Waals surface area contributed by atoms with Crippen LogP contribution in [0.2, 0.25) is 10.0 Å². The molecule has 1 amide bonds. The number of nitriles is 1. The highest BCUT2D eigenvalue weighted by molar-refractivity contribution is 7.09. The van der Waals surface area contributed by atoms with Gasteiger partial charge in [-0.25, -0.2) is 14.4 Å². The number of carbonyl (C=O) groups excluding carboxylic acids is 1. The zero-order valence-electron chi connectivity index (χ0n) is 28.3. The second kappa shape index (κ2) is 12.8. The van der Waals surface area contributed by atoms with Crippen molar-refractivity contribution >= 4 is 62.3 Å². The van der Waals surface area contributed by atoms with Crippen LogP contribution in [0.1, 0.15) is 79.2 Å². The summed E-state index contributed by atoms with van der Waals surface area (Å²) in [4.78, 5) is 25.4. The second-order valence-electron chi connectivity index (χ2n) is 14.6. The minimum atomic E-state index is -0.477. The number of carbonyl (C=O) groups is 1. The minimum Gasteiger partial charge on any atom is -0.366 e. The van der Waals surface area contributed by atoms with E-state index in [2.05, 4.69) is 31.9 Å². The van der Waals surface area contributed by atoms with Crippen LogP contribution in [-0.4, -0.2) is 50.6 Å². The normalized spacial score (nSPS) is 24.7. The molecule has 10 rings (SSSR count). The highest BCUT2D eigenvalue weighted by Crippen LogP contribution is 2.51. The number of rotatable bonds is 9. The fraction of sp³-hybridized carbons (Fsp3) is 0.436. The van der Waals surface area contributed by atoms with E-state index < -0.39 is 5.82 Å². The van der Waals surface area contributed by atoms with E-state index in [4.69, 9.17) is 32.9 Å². The van der Waals surface area contributed by atoms with Gasteiger partial charge in [0.2, 0.25) is 5.91 Å². The number of ether oxygens (including phenoxy) is 1. The molecule has 8 nitrogen and oxygen atoms in total. The molecule has 2 saturated carbocycles. The van der Waals surface area contributed by atoms with Crippen LogP contribution < -0.4 is 5.32 Å². The number of nitrogens with zero attached hydrogens (tertiary/aromatic N) is 5. The van der Waals surface area contributed by atoms with Crippen molar-refractivity contribution in [2.24, 2.45) is 11.8 Å². The van der Waals surface area contributed by atoms with Gasteiger partial charge in [0.15, 0.2) is 5.82 Å². The van der Waals surface area contributed by atoms with E-state index in [9.17, 15) is 10.1 Å². The van der Waals surface area contributed by atoms with Gasteiger partial charge >= 0.3 is 0 Å². The number of benzene rings is 2. The smallest absolute Gasteiger partial charge is 0.226 e. The lowest BCUT2D eigenvalue weighted by atomic mass is 9.79. The van der Waals surface area contributed by atoms with Crippen LogP contribution in [0.15, 0.2) is 41.9 Å². The van der Waals surface area contributed by atoms with Crippen molar-refractivity contribution < 1.29 is 13.9 Å². The highest BCUT2D eigenvalue weighted by atomic mass is 35.5. The number of thiazole rings is 1. The SMILES string of the molecule is Cc1nc2c(F)c(-c3cccc(Cl)c3Cl)c(CCC#N)cc2c2c1cc(C1CC(OC(C)c3nccs3)CN1C(=O)C1CC1)n2C1C2CNC1C2. The molecule has 1 N–H and O–H groups in total. The number of amides is 1. The number of nitrogens with one attached hydrogen (secondary N) is 1. The van der Waals surface area contributed by atoms with Crippen molar-refractivity contribution in [1.82, 2.24) is 24.8 Å². The van der Waals surface area contributed by atoms with Gasteiger partial charge in [0.25, 0.3) is 0 Å². The quantitative estimate of drug-likeness (QED) is 0.162. The van der Waals surface area contributed by atoms with Crippen LogP contribution in [-0.2, 0) is 16.0 Å². The van der Waals surface area contributed by atoms with Crippen LogP contribution in [0.5, 0.6) is 0 Å². The third kappa shape index (κ3) is 5.47. The molecule has 5 fully saturated rings. The largest absolute Gasteiger partial charge is 0.366 e. The Morgan fingerprint density at radius 2 is 2.08 bits per heavy atom. The maximum absolute atomic E-state index is 17.2. The molecule has 262 valence electrons. The third-order valence-corrected chi connectivity index (χ3v) is 13.2. The van der Waals surface area contributed by atoms with Crippen LogP contribution in [0.3, 0.4) is 0 Å². The van der Waals surface area contributed by atoms with E-state index in [-0.39, 0.29) is 59.1 Å². The molecule has 2 aliphatic carbocycles. The molecule has 6 atom stereocenters. The molecular formula is C39H37Cl2FN6O2S. The van der Waals surface area contributed by atoms with Gasteiger partial charge in [-0.3, -0.25) is 4.79 Å². The predicted molar refractivity (Wildman–Crippen MR) is 197 cm³/mol. The van der Waals surface area contributed by atoms with Crippen molar-refractivity contribution in [1.29, 1.82) is 5.26 Å². The molecule has 2 bridgehead atoms. The number of hydrogen-bond donors (Lipinski definition) is 1. The van der Waals surface area contributed by atoms with Crippen LogP contribution >= 0.6 is 34.5 Å². The molecule has 3 aliphatic heterocycles. The number of aromatic nitrogens is 3. The van der Waals surface area contributed by atoms with Gasteiger partial charge in [-0.05, 0) is 69.2 Å². The van der Waals surface area contributed by atoms with E-state index in [1.165, 1.54) is 0 Å². The van der Waals surface area contributed by atoms with Crippen molar-refractivity contribution in [2.45, 2.75) is 82.7 Å². The molecular weight excluding hydrogens is 706 g/mol. The molecule has 12 heteroatoms. The van der Waals surface area contributed by atoms with Gasteiger partial charge in [0, 0.05) is 82.8 Å². The zero-order chi connectivity index (χ0) is 35.1. The number of pyridine rings is 1. The van der Waals surface area contributed by atoms with Crippen LogP contribution in [0.4, 0.5) is 4.39 Å². The summed E-state index contributed by atoms with van der Waals surface area (Å²) in [6.07, 6.45) is 5.57. The average Bonchev–Trinajstić information content (AvgIpc) is 3.64. The predicted octanol–water partition coefficient (Wildman–Crippen LogP) is 8.89. The first kappa shape index (κ1) is 33.3. The topological polar surface area (TPSA) is 96.1 Å². The fourth-order valence-corrected chi connectivity index (χ4v) is 9.89. The first-order chi connectivity index (χ1) is 24.7. The number of halogens is 3. The average molecular weight is 744 g/mol. The Kier molecular flexibility index (Phi) is 8.36. The van der Waals surface area contributed by atoms with E-state index in [0.29, 0.717) is 58.1 Å². The summed E-state index contributed by atoms with van der Waals surface area (Å²) < 4.78 is 26.2. The van der Waals surface area contributed by atoms with Gasteiger partial charge in [0.1, 0.15) is 16.6 Å². The van der Waals surface area contributed by atoms with E-state index in [0.717, 1.165) is 47.4 Å². The Balaban J connectivity index is 1.25. The van der Waals surface area contributed by atoms with E-state index in [1.54, 1.807) is 35.7 Å². The molecule has 0 radical (unpaired) electrons. The van der Waals surface area contributed by atoms with Gasteiger partial charge < -0.3 is 19.5 Å². The van der Waals surface area contributed by atoms with Gasteiger partial charge in [-0.15, -0.1) is 11.3 Å². The molecule has 6 heterocycles. The van der Waals surface area contributed by atoms with Gasteiger partial charge in [0.05, 0.1) is 39.8 Å². The van der Waals surface area contributed by atoms with Crippen molar-refractivity contribution in [2.75, 3.05) is 13.1 Å². The lowest BCUT2D eigenvalue weighted by Gasteiger charge is -2.39. The summed E-state index contributed by atoms with van der Waals surface area (Å²) in [5, 5.41) is 18.4. The van der Waals surface area contributed by atoms with Crippen molar-refractivity contribution in [3.05, 3.63) is 79.7 Å². The lowest BCUT2D eigenvalue weighted by Crippen LogP contribution is -2.41. The molecule has 5 aliphatic rings. The van der Waals surface area contributed by atoms with Crippen LogP contribution in [0, 0.1) is 35.9 Å². The molecule has 3 saturated heterocycles. The first-order valence-corrected chi connectivity index (χ1v) is 19.4. The van der Waals surface area contributed by atoms with Gasteiger partial charge in [-0.1, -0.05) is 35.3 Å².